The molecular weight excluding hydrogens is 410 g/mol. The van der Waals surface area contributed by atoms with E-state index in [0.29, 0.717) is 31.9 Å². The van der Waals surface area contributed by atoms with Crippen molar-refractivity contribution in [1.82, 2.24) is 4.57 Å². The molecule has 0 fully saturated rings. The van der Waals surface area contributed by atoms with Gasteiger partial charge in [0.15, 0.2) is 5.43 Å². The first-order chi connectivity index (χ1) is 15.5. The summed E-state index contributed by atoms with van der Waals surface area (Å²) in [6, 6.07) is 13.2. The molecule has 0 radical (unpaired) electrons. The van der Waals surface area contributed by atoms with Gasteiger partial charge in [-0.05, 0) is 41.8 Å². The highest BCUT2D eigenvalue weighted by atomic mass is 16.5. The zero-order valence-electron chi connectivity index (χ0n) is 18.1. The number of hydrogen-bond donors (Lipinski definition) is 1. The normalized spacial score (nSPS) is 12.1. The Morgan fingerprint density at radius 1 is 1.09 bits per heavy atom. The minimum absolute atomic E-state index is 0.219. The zero-order valence-corrected chi connectivity index (χ0v) is 18.1. The van der Waals surface area contributed by atoms with Crippen LogP contribution in [0.1, 0.15) is 22.3 Å². The molecule has 1 aliphatic heterocycles. The van der Waals surface area contributed by atoms with E-state index in [-0.39, 0.29) is 5.56 Å². The van der Waals surface area contributed by atoms with E-state index in [0.717, 1.165) is 40.2 Å². The third-order valence-corrected chi connectivity index (χ3v) is 5.59. The topological polar surface area (TPSA) is 87.0 Å². The van der Waals surface area contributed by atoms with E-state index in [1.54, 1.807) is 14.2 Å². The molecule has 1 aliphatic rings. The van der Waals surface area contributed by atoms with Crippen LogP contribution < -0.4 is 14.9 Å². The second-order valence-corrected chi connectivity index (χ2v) is 7.62. The molecule has 7 heteroatoms. The number of fused-ring (bicyclic) bond motifs is 3. The Labute approximate surface area is 185 Å². The van der Waals surface area contributed by atoms with Crippen molar-refractivity contribution < 1.29 is 24.1 Å². The van der Waals surface area contributed by atoms with Crippen molar-refractivity contribution >= 4 is 5.97 Å². The molecule has 0 bridgehead atoms. The molecule has 4 rings (SSSR count). The van der Waals surface area contributed by atoms with Crippen molar-refractivity contribution in [3.8, 4) is 33.9 Å². The van der Waals surface area contributed by atoms with Crippen LogP contribution >= 0.6 is 0 Å². The molecule has 2 aromatic carbocycles. The predicted octanol–water partition coefficient (Wildman–Crippen LogP) is 3.86. The first-order valence-electron chi connectivity index (χ1n) is 10.4. The number of pyridine rings is 1. The maximum absolute atomic E-state index is 12.4. The number of aryl methyl sites for hydroxylation is 2. The van der Waals surface area contributed by atoms with Gasteiger partial charge in [0.2, 0.25) is 0 Å². The van der Waals surface area contributed by atoms with E-state index in [1.807, 2.05) is 41.0 Å². The molecule has 0 saturated carbocycles. The van der Waals surface area contributed by atoms with Crippen LogP contribution in [0, 0.1) is 0 Å². The smallest absolute Gasteiger partial charge is 0.341 e. The molecule has 0 aliphatic carbocycles. The Morgan fingerprint density at radius 3 is 2.69 bits per heavy atom. The fourth-order valence-electron chi connectivity index (χ4n) is 3.98. The standard InChI is InChI=1S/C25H25NO6/c1-30-9-4-10-32-24-12-17-7-8-26-15-21(25(28)29)23(27)14-22(26)19(17)13-20(24)16-5-3-6-18(11-16)31-2/h3,5-6,11-15H,4,7-10H2,1-2H3,(H,28,29). The average Bonchev–Trinajstić information content (AvgIpc) is 2.80. The van der Waals surface area contributed by atoms with Gasteiger partial charge >= 0.3 is 5.97 Å². The summed E-state index contributed by atoms with van der Waals surface area (Å²) >= 11 is 0. The van der Waals surface area contributed by atoms with Crippen LogP contribution in [0.15, 0.2) is 53.5 Å². The van der Waals surface area contributed by atoms with E-state index in [4.69, 9.17) is 14.2 Å². The second kappa shape index (κ2) is 9.28. The highest BCUT2D eigenvalue weighted by Gasteiger charge is 2.22. The second-order valence-electron chi connectivity index (χ2n) is 7.62. The molecule has 1 aromatic heterocycles. The lowest BCUT2D eigenvalue weighted by molar-refractivity contribution is 0.0694. The summed E-state index contributed by atoms with van der Waals surface area (Å²) in [5, 5.41) is 9.31. The van der Waals surface area contributed by atoms with E-state index in [1.165, 1.54) is 12.3 Å². The number of nitrogens with zero attached hydrogens (tertiary/aromatic N) is 1. The number of rotatable bonds is 8. The number of ether oxygens (including phenoxy) is 3. The lowest BCUT2D eigenvalue weighted by atomic mass is 9.91. The van der Waals surface area contributed by atoms with Gasteiger partial charge in [0.25, 0.3) is 0 Å². The first kappa shape index (κ1) is 21.6. The van der Waals surface area contributed by atoms with Gasteiger partial charge in [0.1, 0.15) is 17.1 Å². The molecule has 0 saturated heterocycles. The Morgan fingerprint density at radius 2 is 1.94 bits per heavy atom. The SMILES string of the molecule is COCCCOc1cc2c(cc1-c1cccc(OC)c1)-c1cc(=O)c(C(=O)O)cn1CC2. The quantitative estimate of drug-likeness (QED) is 0.541. The number of hydrogen-bond acceptors (Lipinski definition) is 5. The minimum Gasteiger partial charge on any atom is -0.497 e. The molecule has 3 aromatic rings. The predicted molar refractivity (Wildman–Crippen MR) is 121 cm³/mol. The summed E-state index contributed by atoms with van der Waals surface area (Å²) in [4.78, 5) is 23.8. The van der Waals surface area contributed by atoms with Gasteiger partial charge in [-0.1, -0.05) is 12.1 Å². The third-order valence-electron chi connectivity index (χ3n) is 5.59. The van der Waals surface area contributed by atoms with Crippen LogP contribution in [0.2, 0.25) is 0 Å². The monoisotopic (exact) mass is 435 g/mol. The molecular formula is C25H25NO6. The minimum atomic E-state index is -1.21. The van der Waals surface area contributed by atoms with Crippen LogP contribution in [0.5, 0.6) is 11.5 Å². The first-order valence-corrected chi connectivity index (χ1v) is 10.4. The number of carboxylic acids is 1. The molecule has 32 heavy (non-hydrogen) atoms. The van der Waals surface area contributed by atoms with Crippen LogP contribution in [-0.4, -0.2) is 43.1 Å². The largest absolute Gasteiger partial charge is 0.497 e. The molecule has 0 amide bonds. The van der Waals surface area contributed by atoms with Gasteiger partial charge in [-0.25, -0.2) is 4.79 Å². The Balaban J connectivity index is 1.84. The summed E-state index contributed by atoms with van der Waals surface area (Å²) in [6.07, 6.45) is 2.90. The summed E-state index contributed by atoms with van der Waals surface area (Å²) in [5.41, 5.74) is 3.74. The summed E-state index contributed by atoms with van der Waals surface area (Å²) in [5.74, 6) is 0.271. The van der Waals surface area contributed by atoms with Crippen molar-refractivity contribution in [3.63, 3.8) is 0 Å². The summed E-state index contributed by atoms with van der Waals surface area (Å²) < 4.78 is 18.5. The van der Waals surface area contributed by atoms with Crippen LogP contribution in [0.4, 0.5) is 0 Å². The Bertz CT molecular complexity index is 1210. The molecule has 2 heterocycles. The maximum Gasteiger partial charge on any atom is 0.341 e. The number of aromatic nitrogens is 1. The van der Waals surface area contributed by atoms with Gasteiger partial charge in [-0.3, -0.25) is 4.79 Å². The Kier molecular flexibility index (Phi) is 6.28. The van der Waals surface area contributed by atoms with Gasteiger partial charge in [-0.15, -0.1) is 0 Å². The molecule has 7 nitrogen and oxygen atoms in total. The fraction of sp³-hybridized carbons (Fsp3) is 0.280. The summed E-state index contributed by atoms with van der Waals surface area (Å²) in [6.45, 7) is 1.72. The van der Waals surface area contributed by atoms with Crippen molar-refractivity contribution in [2.75, 3.05) is 27.4 Å². The third kappa shape index (κ3) is 4.24. The molecule has 0 spiro atoms. The van der Waals surface area contributed by atoms with E-state index < -0.39 is 11.4 Å². The lowest BCUT2D eigenvalue weighted by Gasteiger charge is -2.25. The number of carbonyl (C=O) groups is 1. The van der Waals surface area contributed by atoms with Gasteiger partial charge in [0, 0.05) is 50.1 Å². The van der Waals surface area contributed by atoms with Gasteiger partial charge in [0.05, 0.1) is 19.4 Å². The van der Waals surface area contributed by atoms with Crippen molar-refractivity contribution in [3.05, 3.63) is 70.0 Å². The number of carboxylic acid groups (broad SMARTS) is 1. The maximum atomic E-state index is 12.4. The highest BCUT2D eigenvalue weighted by molar-refractivity contribution is 5.88. The van der Waals surface area contributed by atoms with Crippen LogP contribution in [0.25, 0.3) is 22.4 Å². The summed E-state index contributed by atoms with van der Waals surface area (Å²) in [7, 11) is 3.28. The van der Waals surface area contributed by atoms with Gasteiger partial charge < -0.3 is 23.9 Å². The van der Waals surface area contributed by atoms with E-state index in [9.17, 15) is 14.7 Å². The van der Waals surface area contributed by atoms with Gasteiger partial charge in [-0.2, -0.15) is 0 Å². The zero-order chi connectivity index (χ0) is 22.7. The molecule has 0 unspecified atom stereocenters. The van der Waals surface area contributed by atoms with Crippen LogP contribution in [0.3, 0.4) is 0 Å². The number of benzene rings is 2. The number of methoxy groups -OCH3 is 2. The Hall–Kier alpha value is -3.58. The van der Waals surface area contributed by atoms with E-state index >= 15 is 0 Å². The van der Waals surface area contributed by atoms with Crippen molar-refractivity contribution in [2.24, 2.45) is 0 Å². The fourth-order valence-corrected chi connectivity index (χ4v) is 3.98. The molecule has 0 atom stereocenters. The van der Waals surface area contributed by atoms with Crippen molar-refractivity contribution in [2.45, 2.75) is 19.4 Å². The molecule has 166 valence electrons. The number of aromatic carboxylic acids is 1. The lowest BCUT2D eigenvalue weighted by Crippen LogP contribution is -2.22. The average molecular weight is 435 g/mol. The highest BCUT2D eigenvalue weighted by Crippen LogP contribution is 2.40. The van der Waals surface area contributed by atoms with Crippen LogP contribution in [-0.2, 0) is 17.7 Å². The molecule has 1 N–H and O–H groups in total. The van der Waals surface area contributed by atoms with Crippen molar-refractivity contribution in [1.29, 1.82) is 0 Å². The van der Waals surface area contributed by atoms with E-state index in [2.05, 4.69) is 0 Å².